The molecule has 1 fully saturated rings. The van der Waals surface area contributed by atoms with E-state index in [0.717, 1.165) is 50.4 Å². The molecule has 1 aliphatic heterocycles. The zero-order chi connectivity index (χ0) is 21.5. The summed E-state index contributed by atoms with van der Waals surface area (Å²) in [5.74, 6) is 0.517. The fourth-order valence-electron chi connectivity index (χ4n) is 3.51. The number of likely N-dealkylation sites (tertiary alicyclic amines) is 1. The number of aromatic nitrogens is 1. The molecule has 1 saturated heterocycles. The molecule has 162 valence electrons. The maximum atomic E-state index is 12.2. The second-order valence-corrected chi connectivity index (χ2v) is 8.48. The van der Waals surface area contributed by atoms with Gasteiger partial charge in [0.15, 0.2) is 0 Å². The van der Waals surface area contributed by atoms with Crippen LogP contribution in [0.15, 0.2) is 36.4 Å². The monoisotopic (exact) mass is 430 g/mol. The third-order valence-electron chi connectivity index (χ3n) is 5.20. The molecule has 6 nitrogen and oxygen atoms in total. The van der Waals surface area contributed by atoms with Gasteiger partial charge in [0.25, 0.3) is 5.91 Å². The molecule has 0 aliphatic carbocycles. The molecule has 30 heavy (non-hydrogen) atoms. The molecule has 2 heterocycles. The van der Waals surface area contributed by atoms with E-state index in [0.29, 0.717) is 22.9 Å². The Morgan fingerprint density at radius 1 is 1.27 bits per heavy atom. The van der Waals surface area contributed by atoms with Crippen molar-refractivity contribution in [1.82, 2.24) is 20.1 Å². The topological polar surface area (TPSA) is 57.7 Å². The summed E-state index contributed by atoms with van der Waals surface area (Å²) in [5, 5.41) is 3.37. The van der Waals surface area contributed by atoms with Crippen molar-refractivity contribution in [3.63, 3.8) is 0 Å². The summed E-state index contributed by atoms with van der Waals surface area (Å²) >= 11 is 6.40. The quantitative estimate of drug-likeness (QED) is 0.695. The van der Waals surface area contributed by atoms with E-state index in [1.54, 1.807) is 18.2 Å². The number of halogens is 1. The Bertz CT molecular complexity index is 851. The highest BCUT2D eigenvalue weighted by Crippen LogP contribution is 2.28. The van der Waals surface area contributed by atoms with Crippen LogP contribution in [0.4, 0.5) is 0 Å². The highest BCUT2D eigenvalue weighted by molar-refractivity contribution is 6.32. The van der Waals surface area contributed by atoms with Gasteiger partial charge in [0.1, 0.15) is 11.9 Å². The number of nitrogens with one attached hydrogen (secondary N) is 1. The van der Waals surface area contributed by atoms with E-state index in [1.807, 2.05) is 32.0 Å². The fourth-order valence-corrected chi connectivity index (χ4v) is 3.74. The molecule has 0 unspecified atom stereocenters. The van der Waals surface area contributed by atoms with Crippen molar-refractivity contribution in [2.45, 2.75) is 32.4 Å². The number of ether oxygens (including phenoxy) is 1. The lowest BCUT2D eigenvalue weighted by Gasteiger charge is -2.32. The normalized spacial score (nSPS) is 15.4. The largest absolute Gasteiger partial charge is 0.489 e. The molecule has 0 radical (unpaired) electrons. The van der Waals surface area contributed by atoms with Gasteiger partial charge in [-0.3, -0.25) is 14.7 Å². The average Bonchev–Trinajstić information content (AvgIpc) is 2.70. The summed E-state index contributed by atoms with van der Waals surface area (Å²) in [7, 11) is 3.94. The van der Waals surface area contributed by atoms with Crippen LogP contribution in [-0.4, -0.2) is 67.1 Å². The molecule has 1 aromatic heterocycles. The highest BCUT2D eigenvalue weighted by atomic mass is 35.5. The lowest BCUT2D eigenvalue weighted by molar-refractivity contribution is 0.0947. The summed E-state index contributed by atoms with van der Waals surface area (Å²) < 4.78 is 6.14. The number of likely N-dealkylation sites (N-methyl/N-ethyl adjacent to an activating group) is 1. The first-order valence-electron chi connectivity index (χ1n) is 10.4. The number of pyridine rings is 1. The number of amides is 1. The van der Waals surface area contributed by atoms with Crippen LogP contribution in [0.2, 0.25) is 5.02 Å². The molecule has 1 N–H and O–H groups in total. The van der Waals surface area contributed by atoms with Crippen LogP contribution in [0.5, 0.6) is 5.75 Å². The molecule has 0 spiro atoms. The number of hydrogen-bond acceptors (Lipinski definition) is 5. The summed E-state index contributed by atoms with van der Waals surface area (Å²) in [6.07, 6.45) is 2.01. The number of carbonyl (C=O) groups is 1. The number of benzene rings is 1. The Hall–Kier alpha value is -2.15. The molecule has 0 saturated carbocycles. The van der Waals surface area contributed by atoms with E-state index in [9.17, 15) is 4.79 Å². The fraction of sp³-hybridized carbons (Fsp3) is 0.478. The van der Waals surface area contributed by atoms with Gasteiger partial charge < -0.3 is 15.0 Å². The van der Waals surface area contributed by atoms with Crippen molar-refractivity contribution in [1.29, 1.82) is 0 Å². The Labute approximate surface area is 184 Å². The zero-order valence-electron chi connectivity index (χ0n) is 18.0. The predicted octanol–water partition coefficient (Wildman–Crippen LogP) is 3.38. The van der Waals surface area contributed by atoms with Crippen LogP contribution in [0.1, 0.15) is 34.6 Å². The van der Waals surface area contributed by atoms with Gasteiger partial charge >= 0.3 is 0 Å². The molecule has 7 heteroatoms. The molecule has 2 aromatic rings. The van der Waals surface area contributed by atoms with Crippen LogP contribution in [0.25, 0.3) is 0 Å². The number of rotatable bonds is 8. The average molecular weight is 431 g/mol. The molecule has 1 aromatic carbocycles. The summed E-state index contributed by atoms with van der Waals surface area (Å²) in [6, 6.07) is 11.4. The minimum atomic E-state index is -0.122. The minimum absolute atomic E-state index is 0.122. The van der Waals surface area contributed by atoms with Crippen molar-refractivity contribution in [2.75, 3.05) is 40.3 Å². The summed E-state index contributed by atoms with van der Waals surface area (Å²) in [4.78, 5) is 21.3. The smallest absolute Gasteiger partial charge is 0.251 e. The standard InChI is InChI=1S/C23H31ClN4O2/c1-17-5-4-6-19(26-17)16-28-12-9-20(10-13-28)30-22-8-7-18(15-21(22)24)23(29)25-11-14-27(2)3/h4-8,15,20H,9-14,16H2,1-3H3,(H,25,29). The molecule has 0 bridgehead atoms. The van der Waals surface area contributed by atoms with Crippen molar-refractivity contribution >= 4 is 17.5 Å². The number of aryl methyl sites for hydroxylation is 1. The van der Waals surface area contributed by atoms with Crippen molar-refractivity contribution < 1.29 is 9.53 Å². The first-order chi connectivity index (χ1) is 14.4. The third kappa shape index (κ3) is 6.69. The molecule has 0 atom stereocenters. The summed E-state index contributed by atoms with van der Waals surface area (Å²) in [6.45, 7) is 6.20. The van der Waals surface area contributed by atoms with Crippen LogP contribution in [0.3, 0.4) is 0 Å². The highest BCUT2D eigenvalue weighted by Gasteiger charge is 2.22. The second-order valence-electron chi connectivity index (χ2n) is 8.07. The molecule has 1 amide bonds. The molecule has 1 aliphatic rings. The van der Waals surface area contributed by atoms with E-state index in [2.05, 4.69) is 27.3 Å². The lowest BCUT2D eigenvalue weighted by atomic mass is 10.1. The number of nitrogens with zero attached hydrogens (tertiary/aromatic N) is 3. The molecule has 3 rings (SSSR count). The van der Waals surface area contributed by atoms with Crippen LogP contribution >= 0.6 is 11.6 Å². The van der Waals surface area contributed by atoms with E-state index in [-0.39, 0.29) is 12.0 Å². The van der Waals surface area contributed by atoms with E-state index >= 15 is 0 Å². The van der Waals surface area contributed by atoms with Crippen molar-refractivity contribution in [3.8, 4) is 5.75 Å². The Morgan fingerprint density at radius 3 is 2.70 bits per heavy atom. The molecular formula is C23H31ClN4O2. The van der Waals surface area contributed by atoms with Gasteiger partial charge in [-0.1, -0.05) is 17.7 Å². The van der Waals surface area contributed by atoms with Crippen LogP contribution < -0.4 is 10.1 Å². The van der Waals surface area contributed by atoms with Crippen molar-refractivity contribution in [2.24, 2.45) is 0 Å². The maximum absolute atomic E-state index is 12.2. The van der Waals surface area contributed by atoms with Gasteiger partial charge in [0.2, 0.25) is 0 Å². The van der Waals surface area contributed by atoms with E-state index in [1.165, 1.54) is 0 Å². The van der Waals surface area contributed by atoms with Gasteiger partial charge in [0, 0.05) is 44.0 Å². The number of piperidine rings is 1. The van der Waals surface area contributed by atoms with Gasteiger partial charge in [-0.05, 0) is 64.2 Å². The number of hydrogen-bond donors (Lipinski definition) is 1. The predicted molar refractivity (Wildman–Crippen MR) is 120 cm³/mol. The Morgan fingerprint density at radius 2 is 2.03 bits per heavy atom. The SMILES string of the molecule is Cc1cccc(CN2CCC(Oc3ccc(C(=O)NCCN(C)C)cc3Cl)CC2)n1. The maximum Gasteiger partial charge on any atom is 0.251 e. The van der Waals surface area contributed by atoms with Crippen molar-refractivity contribution in [3.05, 3.63) is 58.4 Å². The first kappa shape index (κ1) is 22.5. The number of carbonyl (C=O) groups excluding carboxylic acids is 1. The summed E-state index contributed by atoms with van der Waals surface area (Å²) in [5.41, 5.74) is 2.71. The van der Waals surface area contributed by atoms with E-state index in [4.69, 9.17) is 16.3 Å². The Balaban J connectivity index is 1.48. The molecular weight excluding hydrogens is 400 g/mol. The Kier molecular flexibility index (Phi) is 8.08. The van der Waals surface area contributed by atoms with Gasteiger partial charge in [-0.25, -0.2) is 0 Å². The lowest BCUT2D eigenvalue weighted by Crippen LogP contribution is -2.38. The second kappa shape index (κ2) is 10.8. The van der Waals surface area contributed by atoms with Gasteiger partial charge in [-0.2, -0.15) is 0 Å². The van der Waals surface area contributed by atoms with Gasteiger partial charge in [-0.15, -0.1) is 0 Å². The van der Waals surface area contributed by atoms with Gasteiger partial charge in [0.05, 0.1) is 10.7 Å². The third-order valence-corrected chi connectivity index (χ3v) is 5.49. The van der Waals surface area contributed by atoms with Crippen LogP contribution in [-0.2, 0) is 6.54 Å². The van der Waals surface area contributed by atoms with E-state index < -0.39 is 0 Å². The first-order valence-corrected chi connectivity index (χ1v) is 10.8. The minimum Gasteiger partial charge on any atom is -0.489 e. The van der Waals surface area contributed by atoms with Crippen LogP contribution in [0, 0.1) is 6.92 Å². The zero-order valence-corrected chi connectivity index (χ0v) is 18.8.